The molecule has 3 rings (SSSR count). The maximum Gasteiger partial charge on any atom is 0.244 e. The third kappa shape index (κ3) is 4.54. The summed E-state index contributed by atoms with van der Waals surface area (Å²) in [6, 6.07) is 8.21. The molecule has 0 unspecified atom stereocenters. The van der Waals surface area contributed by atoms with E-state index in [-0.39, 0.29) is 22.3 Å². The number of hydrogen-bond donors (Lipinski definition) is 0. The van der Waals surface area contributed by atoms with E-state index >= 15 is 0 Å². The van der Waals surface area contributed by atoms with Crippen LogP contribution in [0, 0.1) is 17.2 Å². The summed E-state index contributed by atoms with van der Waals surface area (Å²) in [5.41, 5.74) is 0.155. The summed E-state index contributed by atoms with van der Waals surface area (Å²) in [6.45, 7) is 4.45. The Balaban J connectivity index is 1.56. The van der Waals surface area contributed by atoms with Crippen LogP contribution in [0.3, 0.4) is 0 Å². The minimum Gasteiger partial charge on any atom is -0.344 e. The first-order valence-corrected chi connectivity index (χ1v) is 11.3. The quantitative estimate of drug-likeness (QED) is 0.718. The van der Waals surface area contributed by atoms with E-state index < -0.39 is 10.0 Å². The molecule has 2 heterocycles. The number of carbonyl (C=O) groups excluding carboxylic acids is 1. The lowest BCUT2D eigenvalue weighted by molar-refractivity contribution is -0.135. The van der Waals surface area contributed by atoms with Crippen LogP contribution in [0.4, 0.5) is 0 Å². The SMILES string of the molecule is CN(CCN1CCCC1)C(=O)C1CCN(S(=O)(=O)c2ccccc2C#N)CC1. The van der Waals surface area contributed by atoms with Crippen LogP contribution in [0.5, 0.6) is 0 Å². The second kappa shape index (κ2) is 9.03. The van der Waals surface area contributed by atoms with Crippen molar-refractivity contribution in [1.29, 1.82) is 5.26 Å². The fraction of sp³-hybridized carbons (Fsp3) is 0.600. The van der Waals surface area contributed by atoms with Crippen LogP contribution in [0.15, 0.2) is 29.2 Å². The summed E-state index contributed by atoms with van der Waals surface area (Å²) < 4.78 is 27.2. The summed E-state index contributed by atoms with van der Waals surface area (Å²) in [7, 11) is -1.88. The van der Waals surface area contributed by atoms with Gasteiger partial charge < -0.3 is 9.80 Å². The van der Waals surface area contributed by atoms with Crippen LogP contribution in [0.25, 0.3) is 0 Å². The molecular weight excluding hydrogens is 376 g/mol. The van der Waals surface area contributed by atoms with Crippen molar-refractivity contribution in [3.8, 4) is 6.07 Å². The minimum absolute atomic E-state index is 0.0463. The number of sulfonamides is 1. The lowest BCUT2D eigenvalue weighted by Gasteiger charge is -2.33. The molecule has 1 amide bonds. The van der Waals surface area contributed by atoms with Gasteiger partial charge in [-0.3, -0.25) is 4.79 Å². The molecule has 2 aliphatic rings. The van der Waals surface area contributed by atoms with Crippen LogP contribution < -0.4 is 0 Å². The molecule has 0 radical (unpaired) electrons. The van der Waals surface area contributed by atoms with Gasteiger partial charge in [0, 0.05) is 39.1 Å². The van der Waals surface area contributed by atoms with E-state index in [2.05, 4.69) is 4.90 Å². The fourth-order valence-electron chi connectivity index (χ4n) is 3.99. The van der Waals surface area contributed by atoms with Crippen LogP contribution in [0.1, 0.15) is 31.2 Å². The Bertz CT molecular complexity index is 835. The second-order valence-corrected chi connectivity index (χ2v) is 9.50. The number of hydrogen-bond acceptors (Lipinski definition) is 5. The van der Waals surface area contributed by atoms with Gasteiger partial charge in [0.25, 0.3) is 0 Å². The fourth-order valence-corrected chi connectivity index (χ4v) is 5.60. The maximum absolute atomic E-state index is 12.9. The van der Waals surface area contributed by atoms with Crippen molar-refractivity contribution in [3.63, 3.8) is 0 Å². The Morgan fingerprint density at radius 3 is 2.46 bits per heavy atom. The highest BCUT2D eigenvalue weighted by molar-refractivity contribution is 7.89. The van der Waals surface area contributed by atoms with E-state index in [1.54, 1.807) is 17.0 Å². The molecular formula is C20H28N4O3S. The number of carbonyl (C=O) groups is 1. The Morgan fingerprint density at radius 1 is 1.18 bits per heavy atom. The molecule has 0 bridgehead atoms. The van der Waals surface area contributed by atoms with E-state index in [4.69, 9.17) is 0 Å². The molecule has 0 saturated carbocycles. The van der Waals surface area contributed by atoms with Crippen molar-refractivity contribution < 1.29 is 13.2 Å². The number of likely N-dealkylation sites (N-methyl/N-ethyl adjacent to an activating group) is 1. The smallest absolute Gasteiger partial charge is 0.244 e. The molecule has 2 aliphatic heterocycles. The molecule has 28 heavy (non-hydrogen) atoms. The van der Waals surface area contributed by atoms with Gasteiger partial charge in [-0.2, -0.15) is 9.57 Å². The molecule has 2 saturated heterocycles. The molecule has 0 N–H and O–H groups in total. The van der Waals surface area contributed by atoms with E-state index in [0.29, 0.717) is 32.5 Å². The van der Waals surface area contributed by atoms with Gasteiger partial charge in [0.2, 0.25) is 15.9 Å². The average molecular weight is 405 g/mol. The van der Waals surface area contributed by atoms with Gasteiger partial charge in [0.15, 0.2) is 0 Å². The highest BCUT2D eigenvalue weighted by Crippen LogP contribution is 2.26. The summed E-state index contributed by atoms with van der Waals surface area (Å²) in [6.07, 6.45) is 3.50. The van der Waals surface area contributed by atoms with Crippen molar-refractivity contribution in [2.45, 2.75) is 30.6 Å². The first-order valence-electron chi connectivity index (χ1n) is 9.90. The third-order valence-corrected chi connectivity index (χ3v) is 7.71. The van der Waals surface area contributed by atoms with E-state index in [1.165, 1.54) is 29.3 Å². The van der Waals surface area contributed by atoms with Gasteiger partial charge >= 0.3 is 0 Å². The molecule has 1 aromatic rings. The van der Waals surface area contributed by atoms with E-state index in [9.17, 15) is 18.5 Å². The summed E-state index contributed by atoms with van der Waals surface area (Å²) in [5, 5.41) is 9.20. The molecule has 0 aliphatic carbocycles. The first-order chi connectivity index (χ1) is 13.4. The Labute approximate surface area is 167 Å². The van der Waals surface area contributed by atoms with Crippen molar-refractivity contribution in [1.82, 2.24) is 14.1 Å². The van der Waals surface area contributed by atoms with Crippen molar-refractivity contribution in [2.24, 2.45) is 5.92 Å². The normalized spacial score (nSPS) is 19.4. The van der Waals surface area contributed by atoms with E-state index in [1.807, 2.05) is 13.1 Å². The molecule has 2 fully saturated rings. The topological polar surface area (TPSA) is 84.7 Å². The highest BCUT2D eigenvalue weighted by atomic mass is 32.2. The first kappa shape index (κ1) is 20.8. The van der Waals surface area contributed by atoms with Crippen LogP contribution in [-0.4, -0.2) is 74.7 Å². The monoisotopic (exact) mass is 404 g/mol. The van der Waals surface area contributed by atoms with Crippen molar-refractivity contribution >= 4 is 15.9 Å². The number of nitriles is 1. The number of nitrogens with zero attached hydrogens (tertiary/aromatic N) is 4. The van der Waals surface area contributed by atoms with Crippen molar-refractivity contribution in [2.75, 3.05) is 46.3 Å². The minimum atomic E-state index is -3.72. The van der Waals surface area contributed by atoms with Gasteiger partial charge in [-0.15, -0.1) is 0 Å². The zero-order chi connectivity index (χ0) is 20.1. The lowest BCUT2D eigenvalue weighted by Crippen LogP contribution is -2.44. The van der Waals surface area contributed by atoms with Crippen LogP contribution in [-0.2, 0) is 14.8 Å². The summed E-state index contributed by atoms with van der Waals surface area (Å²) in [5.74, 6) is -0.0325. The standard InChI is InChI=1S/C20H28N4O3S/c1-22(14-15-23-10-4-5-11-23)20(25)17-8-12-24(13-9-17)28(26,27)19-7-3-2-6-18(19)16-21/h2-3,6-7,17H,4-5,8-15H2,1H3. The third-order valence-electron chi connectivity index (χ3n) is 5.76. The van der Waals surface area contributed by atoms with Crippen LogP contribution >= 0.6 is 0 Å². The van der Waals surface area contributed by atoms with Gasteiger partial charge in [0.1, 0.15) is 6.07 Å². The Hall–Kier alpha value is -1.95. The predicted octanol–water partition coefficient (Wildman–Crippen LogP) is 1.51. The highest BCUT2D eigenvalue weighted by Gasteiger charge is 2.34. The summed E-state index contributed by atoms with van der Waals surface area (Å²) in [4.78, 5) is 16.9. The second-order valence-electron chi connectivity index (χ2n) is 7.59. The molecule has 0 aromatic heterocycles. The van der Waals surface area contributed by atoms with Gasteiger partial charge in [0.05, 0.1) is 10.5 Å². The number of rotatable bonds is 6. The predicted molar refractivity (Wildman–Crippen MR) is 106 cm³/mol. The largest absolute Gasteiger partial charge is 0.344 e. The zero-order valence-electron chi connectivity index (χ0n) is 16.4. The number of benzene rings is 1. The lowest BCUT2D eigenvalue weighted by atomic mass is 9.97. The maximum atomic E-state index is 12.9. The van der Waals surface area contributed by atoms with Gasteiger partial charge in [-0.05, 0) is 50.9 Å². The van der Waals surface area contributed by atoms with Gasteiger partial charge in [-0.25, -0.2) is 8.42 Å². The number of amides is 1. The number of likely N-dealkylation sites (tertiary alicyclic amines) is 1. The van der Waals surface area contributed by atoms with Crippen molar-refractivity contribution in [3.05, 3.63) is 29.8 Å². The van der Waals surface area contributed by atoms with E-state index in [0.717, 1.165) is 19.6 Å². The molecule has 0 spiro atoms. The zero-order valence-corrected chi connectivity index (χ0v) is 17.2. The number of piperidine rings is 1. The Morgan fingerprint density at radius 2 is 1.82 bits per heavy atom. The molecule has 0 atom stereocenters. The molecule has 1 aromatic carbocycles. The average Bonchev–Trinajstić information content (AvgIpc) is 3.25. The Kier molecular flexibility index (Phi) is 6.70. The molecule has 7 nitrogen and oxygen atoms in total. The van der Waals surface area contributed by atoms with Gasteiger partial charge in [-0.1, -0.05) is 12.1 Å². The molecule has 8 heteroatoms. The summed E-state index contributed by atoms with van der Waals surface area (Å²) >= 11 is 0. The van der Waals surface area contributed by atoms with Crippen LogP contribution in [0.2, 0.25) is 0 Å². The molecule has 152 valence electrons.